The van der Waals surface area contributed by atoms with Crippen molar-refractivity contribution in [1.82, 2.24) is 30.3 Å². The molecule has 2 aromatic heterocycles. The van der Waals surface area contributed by atoms with Crippen LogP contribution < -0.4 is 20.4 Å². The van der Waals surface area contributed by atoms with E-state index in [2.05, 4.69) is 30.9 Å². The van der Waals surface area contributed by atoms with Gasteiger partial charge < -0.3 is 25.2 Å². The molecule has 2 N–H and O–H groups in total. The smallest absolute Gasteiger partial charge is 0.407 e. The number of carbonyl (C=O) groups is 2. The molecule has 12 nitrogen and oxygen atoms in total. The van der Waals surface area contributed by atoms with E-state index in [1.54, 1.807) is 22.0 Å². The Morgan fingerprint density at radius 1 is 1.26 bits per heavy atom. The summed E-state index contributed by atoms with van der Waals surface area (Å²) in [5.74, 6) is 0.974. The molecular weight excluding hydrogens is 438 g/mol. The maximum Gasteiger partial charge on any atom is 0.407 e. The number of anilines is 3. The van der Waals surface area contributed by atoms with Crippen molar-refractivity contribution >= 4 is 29.5 Å². The summed E-state index contributed by atoms with van der Waals surface area (Å²) in [5.41, 5.74) is 2.73. The lowest BCUT2D eigenvalue weighted by Gasteiger charge is -2.21. The molecule has 0 saturated heterocycles. The van der Waals surface area contributed by atoms with Gasteiger partial charge in [-0.15, -0.1) is 5.10 Å². The predicted molar refractivity (Wildman–Crippen MR) is 126 cm³/mol. The van der Waals surface area contributed by atoms with Crippen molar-refractivity contribution in [3.05, 3.63) is 53.5 Å². The quantitative estimate of drug-likeness (QED) is 0.533. The highest BCUT2D eigenvalue weighted by molar-refractivity contribution is 6.09. The van der Waals surface area contributed by atoms with E-state index in [1.165, 1.54) is 7.05 Å². The molecule has 0 aliphatic carbocycles. The Hall–Kier alpha value is -4.22. The van der Waals surface area contributed by atoms with Gasteiger partial charge in [-0.1, -0.05) is 17.3 Å². The number of nitrogens with zero attached hydrogens (tertiary/aromatic N) is 7. The molecule has 0 unspecified atom stereocenters. The van der Waals surface area contributed by atoms with Crippen molar-refractivity contribution in [2.75, 3.05) is 48.8 Å². The monoisotopic (exact) mass is 465 g/mol. The predicted octanol–water partition coefficient (Wildman–Crippen LogP) is 1.50. The number of ether oxygens (including phenoxy) is 1. The first-order valence-corrected chi connectivity index (χ1v) is 10.9. The third kappa shape index (κ3) is 5.05. The molecule has 4 rings (SSSR count). The van der Waals surface area contributed by atoms with Crippen LogP contribution in [0.3, 0.4) is 0 Å². The number of carbonyl (C=O) groups excluding carboxylic acids is 2. The van der Waals surface area contributed by atoms with Gasteiger partial charge in [0, 0.05) is 45.6 Å². The molecule has 0 radical (unpaired) electrons. The van der Waals surface area contributed by atoms with Crippen molar-refractivity contribution in [3.63, 3.8) is 0 Å². The Labute approximate surface area is 196 Å². The van der Waals surface area contributed by atoms with E-state index in [0.29, 0.717) is 49.2 Å². The first-order valence-electron chi connectivity index (χ1n) is 10.9. The number of aromatic nitrogens is 5. The van der Waals surface area contributed by atoms with Gasteiger partial charge in [0.1, 0.15) is 23.7 Å². The lowest BCUT2D eigenvalue weighted by molar-refractivity contribution is 0.0989. The molecule has 0 atom stereocenters. The Balaban J connectivity index is 1.51. The molecule has 3 aromatic rings. The zero-order valence-electron chi connectivity index (χ0n) is 19.4. The van der Waals surface area contributed by atoms with E-state index in [1.807, 2.05) is 43.1 Å². The zero-order chi connectivity index (χ0) is 24.1. The number of benzene rings is 1. The maximum absolute atomic E-state index is 13.4. The van der Waals surface area contributed by atoms with Crippen LogP contribution in [0.2, 0.25) is 0 Å². The normalized spacial score (nSPS) is 13.3. The molecule has 1 aliphatic rings. The minimum atomic E-state index is -0.528. The fourth-order valence-corrected chi connectivity index (χ4v) is 3.61. The van der Waals surface area contributed by atoms with E-state index < -0.39 is 6.09 Å². The van der Waals surface area contributed by atoms with Crippen LogP contribution in [0.4, 0.5) is 22.2 Å². The standard InChI is InChI=1S/C22H27N9O3/c1-4-24-21-25-11-18-19(26-21)29(3)8-9-31(20(18)32)17-7-5-6-15(10-17)12-30-13-16(27-28-30)14-34-22(33)23-2/h5-7,10-11,13H,4,8-9,12,14H2,1-3H3,(H,23,33)(H,24,25,26). The molecule has 34 heavy (non-hydrogen) atoms. The average molecular weight is 466 g/mol. The average Bonchev–Trinajstić information content (AvgIpc) is 3.25. The van der Waals surface area contributed by atoms with E-state index in [4.69, 9.17) is 4.74 Å². The third-order valence-electron chi connectivity index (χ3n) is 5.31. The number of nitrogens with one attached hydrogen (secondary N) is 2. The highest BCUT2D eigenvalue weighted by Gasteiger charge is 2.28. The maximum atomic E-state index is 13.4. The molecule has 1 aliphatic heterocycles. The molecule has 3 heterocycles. The van der Waals surface area contributed by atoms with Gasteiger partial charge >= 0.3 is 6.09 Å². The third-order valence-corrected chi connectivity index (χ3v) is 5.31. The van der Waals surface area contributed by atoms with E-state index in [-0.39, 0.29) is 12.5 Å². The fourth-order valence-electron chi connectivity index (χ4n) is 3.61. The second-order valence-corrected chi connectivity index (χ2v) is 7.74. The number of likely N-dealkylation sites (N-methyl/N-ethyl adjacent to an activating group) is 1. The lowest BCUT2D eigenvalue weighted by atomic mass is 10.1. The Kier molecular flexibility index (Phi) is 6.85. The van der Waals surface area contributed by atoms with Crippen LogP contribution >= 0.6 is 0 Å². The summed E-state index contributed by atoms with van der Waals surface area (Å²) in [6.07, 6.45) is 2.77. The van der Waals surface area contributed by atoms with E-state index >= 15 is 0 Å². The van der Waals surface area contributed by atoms with Crippen molar-refractivity contribution in [2.24, 2.45) is 0 Å². The summed E-state index contributed by atoms with van der Waals surface area (Å²) >= 11 is 0. The topological polar surface area (TPSA) is 130 Å². The van der Waals surface area contributed by atoms with Crippen LogP contribution in [-0.2, 0) is 17.9 Å². The van der Waals surface area contributed by atoms with Gasteiger partial charge in [-0.3, -0.25) is 4.79 Å². The molecule has 178 valence electrons. The number of rotatable bonds is 7. The Morgan fingerprint density at radius 2 is 2.12 bits per heavy atom. The molecule has 1 aromatic carbocycles. The van der Waals surface area contributed by atoms with Crippen LogP contribution in [0.25, 0.3) is 0 Å². The molecule has 0 bridgehead atoms. The Morgan fingerprint density at radius 3 is 2.91 bits per heavy atom. The Bertz CT molecular complexity index is 1180. The van der Waals surface area contributed by atoms with Gasteiger partial charge in [0.25, 0.3) is 5.91 Å². The summed E-state index contributed by atoms with van der Waals surface area (Å²) < 4.78 is 6.65. The van der Waals surface area contributed by atoms with Crippen molar-refractivity contribution in [3.8, 4) is 0 Å². The van der Waals surface area contributed by atoms with Crippen LogP contribution in [-0.4, -0.2) is 70.7 Å². The molecule has 0 fully saturated rings. The number of fused-ring (bicyclic) bond motifs is 1. The van der Waals surface area contributed by atoms with E-state index in [0.717, 1.165) is 11.3 Å². The SMILES string of the molecule is CCNc1ncc2c(n1)N(C)CCN(c1cccc(Cn3cc(COC(=O)NC)nn3)c1)C2=O. The van der Waals surface area contributed by atoms with Crippen molar-refractivity contribution in [1.29, 1.82) is 0 Å². The lowest BCUT2D eigenvalue weighted by Crippen LogP contribution is -2.33. The first kappa shape index (κ1) is 23.0. The number of hydrogen-bond donors (Lipinski definition) is 2. The summed E-state index contributed by atoms with van der Waals surface area (Å²) in [7, 11) is 3.41. The second-order valence-electron chi connectivity index (χ2n) is 7.74. The van der Waals surface area contributed by atoms with E-state index in [9.17, 15) is 9.59 Å². The minimum absolute atomic E-state index is 0.0342. The van der Waals surface area contributed by atoms with Gasteiger partial charge in [0.15, 0.2) is 0 Å². The fraction of sp³-hybridized carbons (Fsp3) is 0.364. The number of hydrogen-bond acceptors (Lipinski definition) is 9. The number of amides is 2. The van der Waals surface area contributed by atoms with Crippen molar-refractivity contribution < 1.29 is 14.3 Å². The summed E-state index contributed by atoms with van der Waals surface area (Å²) in [6, 6.07) is 7.73. The second kappa shape index (κ2) is 10.1. The summed E-state index contributed by atoms with van der Waals surface area (Å²) in [4.78, 5) is 37.2. The highest BCUT2D eigenvalue weighted by Crippen LogP contribution is 2.27. The van der Waals surface area contributed by atoms with Gasteiger partial charge in [0.2, 0.25) is 5.95 Å². The minimum Gasteiger partial charge on any atom is -0.443 e. The van der Waals surface area contributed by atoms with Gasteiger partial charge in [-0.2, -0.15) is 4.98 Å². The summed E-state index contributed by atoms with van der Waals surface area (Å²) in [6.45, 7) is 4.29. The summed E-state index contributed by atoms with van der Waals surface area (Å²) in [5, 5.41) is 13.6. The van der Waals surface area contributed by atoms with Crippen LogP contribution in [0.15, 0.2) is 36.7 Å². The van der Waals surface area contributed by atoms with Crippen LogP contribution in [0.1, 0.15) is 28.5 Å². The zero-order valence-corrected chi connectivity index (χ0v) is 19.4. The largest absolute Gasteiger partial charge is 0.443 e. The molecule has 0 spiro atoms. The molecule has 2 amide bonds. The van der Waals surface area contributed by atoms with Crippen LogP contribution in [0, 0.1) is 0 Å². The highest BCUT2D eigenvalue weighted by atomic mass is 16.5. The van der Waals surface area contributed by atoms with Crippen molar-refractivity contribution in [2.45, 2.75) is 20.1 Å². The molecule has 12 heteroatoms. The van der Waals surface area contributed by atoms with Gasteiger partial charge in [0.05, 0.1) is 12.7 Å². The molecular formula is C22H27N9O3. The first-order chi connectivity index (χ1) is 16.5. The number of alkyl carbamates (subject to hydrolysis) is 1. The van der Waals surface area contributed by atoms with Crippen LogP contribution in [0.5, 0.6) is 0 Å². The van der Waals surface area contributed by atoms with Gasteiger partial charge in [-0.25, -0.2) is 14.5 Å². The molecule has 0 saturated carbocycles. The van der Waals surface area contributed by atoms with Gasteiger partial charge in [-0.05, 0) is 24.6 Å².